The smallest absolute Gasteiger partial charge is 0.265 e. The average Bonchev–Trinajstić information content (AvgIpc) is 3.29. The van der Waals surface area contributed by atoms with Crippen LogP contribution in [0, 0.1) is 6.92 Å². The minimum atomic E-state index is -2.89. The zero-order chi connectivity index (χ0) is 20.6. The second-order valence-corrected chi connectivity index (χ2v) is 10.8. The Kier molecular flexibility index (Phi) is 5.63. The number of hydrogen-bond acceptors (Lipinski definition) is 7. The molecule has 7 nitrogen and oxygen atoms in total. The van der Waals surface area contributed by atoms with Crippen LogP contribution in [-0.4, -0.2) is 79.9 Å². The van der Waals surface area contributed by atoms with Crippen LogP contribution >= 0.6 is 11.3 Å². The van der Waals surface area contributed by atoms with Crippen LogP contribution < -0.4 is 4.74 Å². The van der Waals surface area contributed by atoms with Crippen LogP contribution in [0.1, 0.15) is 21.8 Å². The van der Waals surface area contributed by atoms with E-state index in [2.05, 4.69) is 9.88 Å². The molecule has 0 aliphatic carbocycles. The molecule has 1 atom stereocenters. The molecule has 0 spiro atoms. The van der Waals surface area contributed by atoms with Gasteiger partial charge in [0.2, 0.25) is 0 Å². The van der Waals surface area contributed by atoms with E-state index >= 15 is 0 Å². The van der Waals surface area contributed by atoms with E-state index in [4.69, 9.17) is 4.74 Å². The van der Waals surface area contributed by atoms with Gasteiger partial charge in [0.15, 0.2) is 9.84 Å². The second-order valence-electron chi connectivity index (χ2n) is 7.55. The fourth-order valence-electron chi connectivity index (χ4n) is 3.97. The van der Waals surface area contributed by atoms with E-state index in [1.165, 1.54) is 11.3 Å². The summed E-state index contributed by atoms with van der Waals surface area (Å²) in [7, 11) is -1.26. The third-order valence-corrected chi connectivity index (χ3v) is 8.58. The number of sulfone groups is 1. The number of thiazole rings is 1. The monoisotopic (exact) mass is 435 g/mol. The molecule has 1 aromatic carbocycles. The molecule has 0 radical (unpaired) electrons. The molecule has 0 unspecified atom stereocenters. The highest BCUT2D eigenvalue weighted by Gasteiger charge is 2.35. The van der Waals surface area contributed by atoms with E-state index in [0.717, 1.165) is 22.0 Å². The summed E-state index contributed by atoms with van der Waals surface area (Å²) in [5, 5.41) is 0.805. The Morgan fingerprint density at radius 1 is 1.24 bits per heavy atom. The molecular formula is C20H25N3O4S2. The van der Waals surface area contributed by atoms with E-state index < -0.39 is 9.84 Å². The molecule has 1 aromatic heterocycles. The minimum absolute atomic E-state index is 0.00726. The fraction of sp³-hybridized carbons (Fsp3) is 0.500. The Hall–Kier alpha value is -1.97. The molecule has 0 saturated carbocycles. The summed E-state index contributed by atoms with van der Waals surface area (Å²) >= 11 is 1.41. The van der Waals surface area contributed by atoms with Crippen molar-refractivity contribution in [1.29, 1.82) is 0 Å². The maximum atomic E-state index is 13.1. The number of carbonyl (C=O) groups excluding carboxylic acids is 1. The van der Waals surface area contributed by atoms with Gasteiger partial charge in [-0.05, 0) is 25.5 Å². The second kappa shape index (κ2) is 8.04. The van der Waals surface area contributed by atoms with Crippen molar-refractivity contribution in [2.75, 3.05) is 44.8 Å². The van der Waals surface area contributed by atoms with Crippen molar-refractivity contribution in [3.05, 3.63) is 34.8 Å². The third kappa shape index (κ3) is 4.31. The van der Waals surface area contributed by atoms with Gasteiger partial charge in [0.25, 0.3) is 5.91 Å². The van der Waals surface area contributed by atoms with Crippen LogP contribution in [0.25, 0.3) is 10.6 Å². The Balaban J connectivity index is 1.43. The summed E-state index contributed by atoms with van der Waals surface area (Å²) in [6, 6.07) is 7.77. The number of amides is 1. The number of piperazine rings is 1. The zero-order valence-electron chi connectivity index (χ0n) is 16.6. The average molecular weight is 436 g/mol. The van der Waals surface area contributed by atoms with Crippen molar-refractivity contribution >= 4 is 27.1 Å². The number of hydrogen-bond donors (Lipinski definition) is 0. The zero-order valence-corrected chi connectivity index (χ0v) is 18.3. The van der Waals surface area contributed by atoms with Crippen LogP contribution in [-0.2, 0) is 9.84 Å². The molecule has 156 valence electrons. The lowest BCUT2D eigenvalue weighted by molar-refractivity contribution is 0.0591. The van der Waals surface area contributed by atoms with Gasteiger partial charge < -0.3 is 9.64 Å². The largest absolute Gasteiger partial charge is 0.497 e. The van der Waals surface area contributed by atoms with Gasteiger partial charge in [-0.3, -0.25) is 9.69 Å². The highest BCUT2D eigenvalue weighted by molar-refractivity contribution is 7.91. The van der Waals surface area contributed by atoms with E-state index in [1.807, 2.05) is 36.1 Å². The molecule has 2 aliphatic heterocycles. The van der Waals surface area contributed by atoms with Gasteiger partial charge in [0, 0.05) is 37.8 Å². The lowest BCUT2D eigenvalue weighted by Gasteiger charge is -2.37. The lowest BCUT2D eigenvalue weighted by Crippen LogP contribution is -2.52. The predicted molar refractivity (Wildman–Crippen MR) is 113 cm³/mol. The summed E-state index contributed by atoms with van der Waals surface area (Å²) in [6.45, 7) is 4.52. The molecule has 2 aliphatic rings. The first-order valence-electron chi connectivity index (χ1n) is 9.72. The van der Waals surface area contributed by atoms with Gasteiger partial charge in [-0.25, -0.2) is 13.4 Å². The SMILES string of the molecule is COc1cccc(-c2nc(C)c(C(=O)N3CCN([C@H]4CCS(=O)(=O)C4)CC3)s2)c1. The number of methoxy groups -OCH3 is 1. The van der Waals surface area contributed by atoms with Crippen molar-refractivity contribution in [3.63, 3.8) is 0 Å². The molecule has 1 amide bonds. The van der Waals surface area contributed by atoms with E-state index in [0.29, 0.717) is 37.5 Å². The standard InChI is InChI=1S/C20H25N3O4S2/c1-14-18(28-19(21-14)15-4-3-5-17(12-15)27-2)20(24)23-9-7-22(8-10-23)16-6-11-29(25,26)13-16/h3-5,12,16H,6-11,13H2,1-2H3/t16-/m0/s1. The number of aromatic nitrogens is 1. The highest BCUT2D eigenvalue weighted by atomic mass is 32.2. The molecule has 2 aromatic rings. The van der Waals surface area contributed by atoms with Gasteiger partial charge in [0.1, 0.15) is 15.6 Å². The Morgan fingerprint density at radius 2 is 2.00 bits per heavy atom. The van der Waals surface area contributed by atoms with Crippen LogP contribution in [0.5, 0.6) is 5.75 Å². The van der Waals surface area contributed by atoms with Gasteiger partial charge in [0.05, 0.1) is 24.3 Å². The number of rotatable bonds is 4. The first kappa shape index (κ1) is 20.3. The molecule has 0 bridgehead atoms. The Bertz CT molecular complexity index is 1010. The lowest BCUT2D eigenvalue weighted by atomic mass is 10.2. The molecule has 9 heteroatoms. The minimum Gasteiger partial charge on any atom is -0.497 e. The van der Waals surface area contributed by atoms with E-state index in [1.54, 1.807) is 7.11 Å². The molecule has 29 heavy (non-hydrogen) atoms. The maximum absolute atomic E-state index is 13.1. The number of carbonyl (C=O) groups is 1. The quantitative estimate of drug-likeness (QED) is 0.732. The summed E-state index contributed by atoms with van der Waals surface area (Å²) < 4.78 is 28.7. The van der Waals surface area contributed by atoms with Crippen LogP contribution in [0.4, 0.5) is 0 Å². The van der Waals surface area contributed by atoms with Crippen molar-refractivity contribution in [1.82, 2.24) is 14.8 Å². The van der Waals surface area contributed by atoms with Gasteiger partial charge in [-0.2, -0.15) is 0 Å². The molecule has 3 heterocycles. The molecule has 2 fully saturated rings. The number of benzene rings is 1. The summed E-state index contributed by atoms with van der Waals surface area (Å²) in [5.74, 6) is 1.30. The van der Waals surface area contributed by atoms with Crippen LogP contribution in [0.2, 0.25) is 0 Å². The summed E-state index contributed by atoms with van der Waals surface area (Å²) in [6.07, 6.45) is 0.703. The van der Waals surface area contributed by atoms with Crippen molar-refractivity contribution < 1.29 is 17.9 Å². The van der Waals surface area contributed by atoms with Crippen LogP contribution in [0.15, 0.2) is 24.3 Å². The molecule has 0 N–H and O–H groups in total. The molecule has 2 saturated heterocycles. The van der Waals surface area contributed by atoms with Crippen molar-refractivity contribution in [2.24, 2.45) is 0 Å². The predicted octanol–water partition coefficient (Wildman–Crippen LogP) is 2.07. The van der Waals surface area contributed by atoms with Gasteiger partial charge in [-0.1, -0.05) is 12.1 Å². The molecular weight excluding hydrogens is 410 g/mol. The van der Waals surface area contributed by atoms with Crippen molar-refractivity contribution in [2.45, 2.75) is 19.4 Å². The summed E-state index contributed by atoms with van der Waals surface area (Å²) in [5.41, 5.74) is 1.67. The first-order chi connectivity index (χ1) is 13.9. The van der Waals surface area contributed by atoms with Crippen molar-refractivity contribution in [3.8, 4) is 16.3 Å². The van der Waals surface area contributed by atoms with Gasteiger partial charge in [-0.15, -0.1) is 11.3 Å². The Morgan fingerprint density at radius 3 is 2.66 bits per heavy atom. The topological polar surface area (TPSA) is 79.8 Å². The first-order valence-corrected chi connectivity index (χ1v) is 12.4. The third-order valence-electron chi connectivity index (χ3n) is 5.63. The number of nitrogens with zero attached hydrogens (tertiary/aromatic N) is 3. The summed E-state index contributed by atoms with van der Waals surface area (Å²) in [4.78, 5) is 22.4. The van der Waals surface area contributed by atoms with E-state index in [9.17, 15) is 13.2 Å². The Labute approximate surface area is 175 Å². The normalized spacial score (nSPS) is 22.0. The number of ether oxygens (including phenoxy) is 1. The highest BCUT2D eigenvalue weighted by Crippen LogP contribution is 2.31. The molecule has 4 rings (SSSR count). The van der Waals surface area contributed by atoms with Gasteiger partial charge >= 0.3 is 0 Å². The maximum Gasteiger partial charge on any atom is 0.265 e. The number of aryl methyl sites for hydroxylation is 1. The van der Waals surface area contributed by atoms with E-state index in [-0.39, 0.29) is 23.5 Å². The van der Waals surface area contributed by atoms with Crippen LogP contribution in [0.3, 0.4) is 0 Å². The fourth-order valence-corrected chi connectivity index (χ4v) is 6.76.